The van der Waals surface area contributed by atoms with Crippen molar-refractivity contribution in [2.75, 3.05) is 7.11 Å². The van der Waals surface area contributed by atoms with Crippen molar-refractivity contribution in [3.63, 3.8) is 0 Å². The van der Waals surface area contributed by atoms with Crippen LogP contribution in [0.15, 0.2) is 52.2 Å². The van der Waals surface area contributed by atoms with E-state index >= 15 is 0 Å². The number of nitrogens with one attached hydrogen (secondary N) is 1. The van der Waals surface area contributed by atoms with Crippen LogP contribution >= 0.6 is 0 Å². The number of methoxy groups -OCH3 is 1. The molecule has 1 aromatic heterocycles. The molecular weight excluding hydrogens is 232 g/mol. The Morgan fingerprint density at radius 3 is 2.89 bits per heavy atom. The van der Waals surface area contributed by atoms with E-state index in [0.29, 0.717) is 17.1 Å². The van der Waals surface area contributed by atoms with Crippen molar-refractivity contribution < 1.29 is 13.9 Å². The first kappa shape index (κ1) is 11.9. The Morgan fingerprint density at radius 1 is 1.33 bits per heavy atom. The van der Waals surface area contributed by atoms with Gasteiger partial charge in [-0.3, -0.25) is 4.79 Å². The fourth-order valence-corrected chi connectivity index (χ4v) is 1.41. The van der Waals surface area contributed by atoms with Crippen molar-refractivity contribution in [2.24, 2.45) is 5.10 Å². The molecule has 5 nitrogen and oxygen atoms in total. The van der Waals surface area contributed by atoms with Crippen LogP contribution in [0.2, 0.25) is 0 Å². The van der Waals surface area contributed by atoms with Gasteiger partial charge in [0.05, 0.1) is 25.2 Å². The van der Waals surface area contributed by atoms with Gasteiger partial charge in [0.1, 0.15) is 11.5 Å². The number of ether oxygens (including phenoxy) is 1. The fourth-order valence-electron chi connectivity index (χ4n) is 1.41. The smallest absolute Gasteiger partial charge is 0.275 e. The van der Waals surface area contributed by atoms with Crippen LogP contribution in [0.5, 0.6) is 5.75 Å². The maximum Gasteiger partial charge on any atom is 0.275 e. The largest absolute Gasteiger partial charge is 0.496 e. The molecule has 0 unspecified atom stereocenters. The van der Waals surface area contributed by atoms with Crippen LogP contribution in [-0.2, 0) is 0 Å². The predicted molar refractivity (Wildman–Crippen MR) is 66.8 cm³/mol. The Hall–Kier alpha value is -2.56. The molecule has 92 valence electrons. The number of para-hydroxylation sites is 1. The van der Waals surface area contributed by atoms with E-state index in [0.717, 1.165) is 0 Å². The molecule has 0 radical (unpaired) electrons. The number of hydrogen-bond donors (Lipinski definition) is 1. The van der Waals surface area contributed by atoms with Gasteiger partial charge in [0.15, 0.2) is 0 Å². The SMILES string of the molecule is COc1ccccc1C(=O)N/N=C\c1ccco1. The van der Waals surface area contributed by atoms with Crippen molar-refractivity contribution in [2.45, 2.75) is 0 Å². The number of carbonyl (C=O) groups is 1. The first-order chi connectivity index (χ1) is 8.81. The molecule has 2 rings (SSSR count). The van der Waals surface area contributed by atoms with Gasteiger partial charge in [-0.2, -0.15) is 5.10 Å². The highest BCUT2D eigenvalue weighted by Gasteiger charge is 2.09. The normalized spacial score (nSPS) is 10.5. The standard InChI is InChI=1S/C13H12N2O3/c1-17-12-7-3-2-6-11(12)13(16)15-14-9-10-5-4-8-18-10/h2-9H,1H3,(H,15,16)/b14-9-. The minimum Gasteiger partial charge on any atom is -0.496 e. The highest BCUT2D eigenvalue weighted by Crippen LogP contribution is 2.16. The summed E-state index contributed by atoms with van der Waals surface area (Å²) in [6, 6.07) is 10.4. The van der Waals surface area contributed by atoms with E-state index in [1.165, 1.54) is 19.6 Å². The molecule has 2 aromatic rings. The van der Waals surface area contributed by atoms with Crippen molar-refractivity contribution >= 4 is 12.1 Å². The van der Waals surface area contributed by atoms with E-state index in [1.807, 2.05) is 0 Å². The second kappa shape index (κ2) is 5.67. The van der Waals surface area contributed by atoms with Crippen LogP contribution in [0.1, 0.15) is 16.1 Å². The first-order valence-corrected chi connectivity index (χ1v) is 5.31. The molecule has 0 saturated heterocycles. The number of amides is 1. The highest BCUT2D eigenvalue weighted by atomic mass is 16.5. The van der Waals surface area contributed by atoms with Crippen molar-refractivity contribution in [1.82, 2.24) is 5.43 Å². The minimum absolute atomic E-state index is 0.338. The van der Waals surface area contributed by atoms with Crippen molar-refractivity contribution in [3.05, 3.63) is 54.0 Å². The summed E-state index contributed by atoms with van der Waals surface area (Å²) in [6.45, 7) is 0. The van der Waals surface area contributed by atoms with E-state index in [4.69, 9.17) is 9.15 Å². The molecule has 0 spiro atoms. The summed E-state index contributed by atoms with van der Waals surface area (Å²) in [5.74, 6) is 0.730. The zero-order chi connectivity index (χ0) is 12.8. The first-order valence-electron chi connectivity index (χ1n) is 5.31. The molecular formula is C13H12N2O3. The van der Waals surface area contributed by atoms with Gasteiger partial charge in [0.2, 0.25) is 0 Å². The van der Waals surface area contributed by atoms with E-state index < -0.39 is 0 Å². The summed E-state index contributed by atoms with van der Waals surface area (Å²) < 4.78 is 10.1. The third-order valence-corrected chi connectivity index (χ3v) is 2.25. The van der Waals surface area contributed by atoms with Gasteiger partial charge in [0, 0.05) is 0 Å². The molecule has 0 bridgehead atoms. The molecule has 0 saturated carbocycles. The van der Waals surface area contributed by atoms with Gasteiger partial charge in [-0.05, 0) is 24.3 Å². The summed E-state index contributed by atoms with van der Waals surface area (Å²) >= 11 is 0. The van der Waals surface area contributed by atoms with Gasteiger partial charge in [-0.15, -0.1) is 0 Å². The molecule has 0 aliphatic rings. The fraction of sp³-hybridized carbons (Fsp3) is 0.0769. The van der Waals surface area contributed by atoms with Gasteiger partial charge >= 0.3 is 0 Å². The zero-order valence-corrected chi connectivity index (χ0v) is 9.79. The Morgan fingerprint density at radius 2 is 2.17 bits per heavy atom. The lowest BCUT2D eigenvalue weighted by molar-refractivity contribution is 0.0952. The molecule has 18 heavy (non-hydrogen) atoms. The topological polar surface area (TPSA) is 63.8 Å². The Kier molecular flexibility index (Phi) is 3.76. The average Bonchev–Trinajstić information content (AvgIpc) is 2.91. The summed E-state index contributed by atoms with van der Waals surface area (Å²) in [5, 5.41) is 3.79. The predicted octanol–water partition coefficient (Wildman–Crippen LogP) is 2.05. The molecule has 0 fully saturated rings. The molecule has 0 aliphatic heterocycles. The number of nitrogens with zero attached hydrogens (tertiary/aromatic N) is 1. The summed E-state index contributed by atoms with van der Waals surface area (Å²) in [7, 11) is 1.51. The Bertz CT molecular complexity index is 547. The van der Waals surface area contributed by atoms with Gasteiger partial charge in [-0.25, -0.2) is 5.43 Å². The van der Waals surface area contributed by atoms with Crippen LogP contribution in [0.3, 0.4) is 0 Å². The molecule has 1 heterocycles. The lowest BCUT2D eigenvalue weighted by Crippen LogP contribution is -2.18. The quantitative estimate of drug-likeness (QED) is 0.661. The van der Waals surface area contributed by atoms with Crippen LogP contribution < -0.4 is 10.2 Å². The molecule has 1 aromatic carbocycles. The molecule has 1 N–H and O–H groups in total. The summed E-state index contributed by atoms with van der Waals surface area (Å²) in [5.41, 5.74) is 2.83. The highest BCUT2D eigenvalue weighted by molar-refractivity contribution is 5.97. The zero-order valence-electron chi connectivity index (χ0n) is 9.79. The number of furan rings is 1. The lowest BCUT2D eigenvalue weighted by atomic mass is 10.2. The number of carbonyl (C=O) groups excluding carboxylic acids is 1. The van der Waals surface area contributed by atoms with Crippen molar-refractivity contribution in [1.29, 1.82) is 0 Å². The third-order valence-electron chi connectivity index (χ3n) is 2.25. The Balaban J connectivity index is 2.04. The monoisotopic (exact) mass is 244 g/mol. The third kappa shape index (κ3) is 2.76. The second-order valence-electron chi connectivity index (χ2n) is 3.41. The number of hydrogen-bond acceptors (Lipinski definition) is 4. The van der Waals surface area contributed by atoms with E-state index in [2.05, 4.69) is 10.5 Å². The van der Waals surface area contributed by atoms with Crippen molar-refractivity contribution in [3.8, 4) is 5.75 Å². The molecule has 0 aliphatic carbocycles. The molecule has 5 heteroatoms. The summed E-state index contributed by atoms with van der Waals surface area (Å²) in [6.07, 6.45) is 2.96. The number of rotatable bonds is 4. The molecule has 0 atom stereocenters. The van der Waals surface area contributed by atoms with E-state index in [9.17, 15) is 4.79 Å². The summed E-state index contributed by atoms with van der Waals surface area (Å²) in [4.78, 5) is 11.8. The maximum absolute atomic E-state index is 11.8. The number of benzene rings is 1. The molecule has 1 amide bonds. The maximum atomic E-state index is 11.8. The minimum atomic E-state index is -0.338. The second-order valence-corrected chi connectivity index (χ2v) is 3.41. The van der Waals surface area contributed by atoms with Crippen LogP contribution in [-0.4, -0.2) is 19.2 Å². The van der Waals surface area contributed by atoms with Crippen LogP contribution in [0, 0.1) is 0 Å². The van der Waals surface area contributed by atoms with Gasteiger partial charge < -0.3 is 9.15 Å². The average molecular weight is 244 g/mol. The number of hydrazone groups is 1. The lowest BCUT2D eigenvalue weighted by Gasteiger charge is -2.05. The van der Waals surface area contributed by atoms with E-state index in [1.54, 1.807) is 36.4 Å². The van der Waals surface area contributed by atoms with Gasteiger partial charge in [0.25, 0.3) is 5.91 Å². The van der Waals surface area contributed by atoms with Crippen LogP contribution in [0.4, 0.5) is 0 Å². The van der Waals surface area contributed by atoms with E-state index in [-0.39, 0.29) is 5.91 Å². The Labute approximate surface area is 104 Å². The van der Waals surface area contributed by atoms with Crippen LogP contribution in [0.25, 0.3) is 0 Å². The van der Waals surface area contributed by atoms with Gasteiger partial charge in [-0.1, -0.05) is 12.1 Å².